The minimum absolute atomic E-state index is 0.245. The van der Waals surface area contributed by atoms with Gasteiger partial charge < -0.3 is 5.11 Å². The van der Waals surface area contributed by atoms with Gasteiger partial charge in [0.15, 0.2) is 0 Å². The summed E-state index contributed by atoms with van der Waals surface area (Å²) < 4.78 is 0. The van der Waals surface area contributed by atoms with Crippen molar-refractivity contribution in [3.8, 4) is 10.6 Å². The number of hydrogen-bond donors (Lipinski definition) is 1. The summed E-state index contributed by atoms with van der Waals surface area (Å²) in [7, 11) is 0. The maximum absolute atomic E-state index is 10.9. The lowest BCUT2D eigenvalue weighted by atomic mass is 10.2. The summed E-state index contributed by atoms with van der Waals surface area (Å²) in [5.41, 5.74) is 0.782. The fourth-order valence-electron chi connectivity index (χ4n) is 1.19. The second kappa shape index (κ2) is 3.59. The molecule has 0 bridgehead atoms. The molecule has 0 unspecified atom stereocenters. The van der Waals surface area contributed by atoms with Crippen molar-refractivity contribution >= 4 is 17.3 Å². The molecule has 0 atom stereocenters. The Bertz CT molecular complexity index is 451. The monoisotopic (exact) mass is 205 g/mol. The van der Waals surface area contributed by atoms with Crippen LogP contribution in [-0.2, 0) is 0 Å². The largest absolute Gasteiger partial charge is 0.478 e. The average Bonchev–Trinajstić information content (AvgIpc) is 2.70. The van der Waals surface area contributed by atoms with Crippen LogP contribution in [0.1, 0.15) is 10.4 Å². The van der Waals surface area contributed by atoms with Crippen molar-refractivity contribution in [1.29, 1.82) is 0 Å². The van der Waals surface area contributed by atoms with E-state index in [9.17, 15) is 4.79 Å². The van der Waals surface area contributed by atoms with Crippen molar-refractivity contribution in [1.82, 2.24) is 4.98 Å². The molecule has 0 aromatic carbocycles. The topological polar surface area (TPSA) is 50.2 Å². The Morgan fingerprint density at radius 1 is 1.36 bits per heavy atom. The lowest BCUT2D eigenvalue weighted by Gasteiger charge is -2.00. The van der Waals surface area contributed by atoms with Gasteiger partial charge in [0.25, 0.3) is 0 Å². The van der Waals surface area contributed by atoms with Gasteiger partial charge in [-0.05, 0) is 23.6 Å². The second-order valence-electron chi connectivity index (χ2n) is 2.68. The summed E-state index contributed by atoms with van der Waals surface area (Å²) in [6.07, 6.45) is 1.60. The van der Waals surface area contributed by atoms with Gasteiger partial charge in [0, 0.05) is 6.20 Å². The van der Waals surface area contributed by atoms with Gasteiger partial charge in [-0.2, -0.15) is 0 Å². The van der Waals surface area contributed by atoms with E-state index in [2.05, 4.69) is 4.98 Å². The third kappa shape index (κ3) is 1.52. The fourth-order valence-corrected chi connectivity index (χ4v) is 1.92. The molecular formula is C10H7NO2S. The number of thiophene rings is 1. The highest BCUT2D eigenvalue weighted by molar-refractivity contribution is 7.13. The van der Waals surface area contributed by atoms with E-state index >= 15 is 0 Å². The van der Waals surface area contributed by atoms with E-state index in [4.69, 9.17) is 5.11 Å². The number of pyridine rings is 1. The number of carboxylic acid groups (broad SMARTS) is 1. The predicted octanol–water partition coefficient (Wildman–Crippen LogP) is 2.51. The lowest BCUT2D eigenvalue weighted by Crippen LogP contribution is -1.99. The normalized spacial score (nSPS) is 10.0. The van der Waals surface area contributed by atoms with E-state index in [1.54, 1.807) is 18.3 Å². The zero-order valence-electron chi connectivity index (χ0n) is 7.18. The summed E-state index contributed by atoms with van der Waals surface area (Å²) in [5.74, 6) is -0.943. The van der Waals surface area contributed by atoms with Crippen LogP contribution in [0.3, 0.4) is 0 Å². The Morgan fingerprint density at radius 3 is 2.86 bits per heavy atom. The van der Waals surface area contributed by atoms with Crippen molar-refractivity contribution < 1.29 is 9.90 Å². The SMILES string of the molecule is O=C(O)c1cccnc1-c1cccs1. The highest BCUT2D eigenvalue weighted by atomic mass is 32.1. The number of carbonyl (C=O) groups is 1. The van der Waals surface area contributed by atoms with Crippen LogP contribution in [0.2, 0.25) is 0 Å². The summed E-state index contributed by atoms with van der Waals surface area (Å²) >= 11 is 1.48. The van der Waals surface area contributed by atoms with E-state index in [0.717, 1.165) is 4.88 Å². The number of aromatic carboxylic acids is 1. The lowest BCUT2D eigenvalue weighted by molar-refractivity contribution is 0.0697. The predicted molar refractivity (Wildman–Crippen MR) is 54.5 cm³/mol. The van der Waals surface area contributed by atoms with Gasteiger partial charge in [-0.1, -0.05) is 6.07 Å². The van der Waals surface area contributed by atoms with E-state index in [-0.39, 0.29) is 5.56 Å². The van der Waals surface area contributed by atoms with E-state index in [1.807, 2.05) is 17.5 Å². The highest BCUT2D eigenvalue weighted by Gasteiger charge is 2.12. The van der Waals surface area contributed by atoms with Crippen molar-refractivity contribution in [3.05, 3.63) is 41.4 Å². The quantitative estimate of drug-likeness (QED) is 0.819. The van der Waals surface area contributed by atoms with Crippen LogP contribution in [0, 0.1) is 0 Å². The Morgan fingerprint density at radius 2 is 2.21 bits per heavy atom. The molecule has 1 N–H and O–H groups in total. The van der Waals surface area contributed by atoms with Crippen LogP contribution >= 0.6 is 11.3 Å². The first-order valence-corrected chi connectivity index (χ1v) is 4.89. The summed E-state index contributed by atoms with van der Waals surface area (Å²) in [5, 5.41) is 10.8. The first kappa shape index (κ1) is 8.90. The molecule has 0 saturated carbocycles. The van der Waals surface area contributed by atoms with Gasteiger partial charge in [-0.25, -0.2) is 4.79 Å². The zero-order valence-corrected chi connectivity index (χ0v) is 7.99. The van der Waals surface area contributed by atoms with Crippen LogP contribution in [0.4, 0.5) is 0 Å². The molecule has 0 saturated heterocycles. The molecular weight excluding hydrogens is 198 g/mol. The zero-order chi connectivity index (χ0) is 9.97. The Balaban J connectivity index is 2.58. The summed E-state index contributed by atoms with van der Waals surface area (Å²) in [6.45, 7) is 0. The molecule has 2 aromatic rings. The minimum atomic E-state index is -0.943. The van der Waals surface area contributed by atoms with Crippen molar-refractivity contribution in [2.24, 2.45) is 0 Å². The molecule has 4 heteroatoms. The van der Waals surface area contributed by atoms with Crippen LogP contribution in [0.25, 0.3) is 10.6 Å². The first-order valence-electron chi connectivity index (χ1n) is 4.01. The van der Waals surface area contributed by atoms with Crippen LogP contribution in [0.5, 0.6) is 0 Å². The molecule has 0 amide bonds. The van der Waals surface area contributed by atoms with Gasteiger partial charge in [0.2, 0.25) is 0 Å². The van der Waals surface area contributed by atoms with Gasteiger partial charge in [0.1, 0.15) is 0 Å². The number of rotatable bonds is 2. The van der Waals surface area contributed by atoms with E-state index in [1.165, 1.54) is 11.3 Å². The number of hydrogen-bond acceptors (Lipinski definition) is 3. The molecule has 0 radical (unpaired) electrons. The Kier molecular flexibility index (Phi) is 2.28. The fraction of sp³-hybridized carbons (Fsp3) is 0. The molecule has 2 rings (SSSR count). The van der Waals surface area contributed by atoms with Crippen LogP contribution in [0.15, 0.2) is 35.8 Å². The molecule has 70 valence electrons. The molecule has 0 fully saturated rings. The number of aromatic nitrogens is 1. The van der Waals surface area contributed by atoms with Crippen LogP contribution in [-0.4, -0.2) is 16.1 Å². The third-order valence-corrected chi connectivity index (χ3v) is 2.67. The number of nitrogens with zero attached hydrogens (tertiary/aromatic N) is 1. The standard InChI is InChI=1S/C10H7NO2S/c12-10(13)7-3-1-5-11-9(7)8-4-2-6-14-8/h1-6H,(H,12,13). The van der Waals surface area contributed by atoms with E-state index in [0.29, 0.717) is 5.69 Å². The van der Waals surface area contributed by atoms with Crippen LogP contribution < -0.4 is 0 Å². The van der Waals surface area contributed by atoms with Crippen molar-refractivity contribution in [2.45, 2.75) is 0 Å². The van der Waals surface area contributed by atoms with Gasteiger partial charge in [0.05, 0.1) is 16.1 Å². The molecule has 2 heterocycles. The van der Waals surface area contributed by atoms with Gasteiger partial charge >= 0.3 is 5.97 Å². The number of carboxylic acids is 1. The maximum Gasteiger partial charge on any atom is 0.337 e. The van der Waals surface area contributed by atoms with E-state index < -0.39 is 5.97 Å². The van der Waals surface area contributed by atoms with Gasteiger partial charge in [-0.15, -0.1) is 11.3 Å². The average molecular weight is 205 g/mol. The van der Waals surface area contributed by atoms with Gasteiger partial charge in [-0.3, -0.25) is 4.98 Å². The molecule has 14 heavy (non-hydrogen) atoms. The van der Waals surface area contributed by atoms with Crippen molar-refractivity contribution in [3.63, 3.8) is 0 Å². The second-order valence-corrected chi connectivity index (χ2v) is 3.63. The highest BCUT2D eigenvalue weighted by Crippen LogP contribution is 2.25. The maximum atomic E-state index is 10.9. The third-order valence-electron chi connectivity index (χ3n) is 1.79. The first-order chi connectivity index (χ1) is 6.79. The molecule has 2 aromatic heterocycles. The molecule has 0 aliphatic heterocycles. The molecule has 0 aliphatic rings. The Labute approximate surface area is 84.7 Å². The smallest absolute Gasteiger partial charge is 0.337 e. The summed E-state index contributed by atoms with van der Waals surface area (Å²) in [6, 6.07) is 6.92. The molecule has 0 aliphatic carbocycles. The Hall–Kier alpha value is -1.68. The minimum Gasteiger partial charge on any atom is -0.478 e. The van der Waals surface area contributed by atoms with Crippen molar-refractivity contribution in [2.75, 3.05) is 0 Å². The molecule has 3 nitrogen and oxygen atoms in total. The summed E-state index contributed by atoms with van der Waals surface area (Å²) in [4.78, 5) is 15.8. The molecule has 0 spiro atoms.